The maximum atomic E-state index is 8.92. The molecule has 0 aromatic heterocycles. The molecule has 0 unspecified atom stereocenters. The Bertz CT molecular complexity index is 57.1. The molecule has 0 amide bonds. The molecule has 0 bridgehead atoms. The van der Waals surface area contributed by atoms with Crippen LogP contribution in [-0.4, -0.2) is 16.5 Å². The van der Waals surface area contributed by atoms with E-state index in [4.69, 9.17) is 5.11 Å². The second kappa shape index (κ2) is 2.05. The third-order valence-electron chi connectivity index (χ3n) is 1.44. The Kier molecular flexibility index (Phi) is 1.60. The van der Waals surface area contributed by atoms with E-state index >= 15 is 0 Å². The number of hydrogen-bond acceptors (Lipinski definition) is 2. The molecule has 2 atom stereocenters. The first kappa shape index (κ1) is 5.45. The smallest absolute Gasteiger partial charge is 0.0656 e. The van der Waals surface area contributed by atoms with Gasteiger partial charge >= 0.3 is 0 Å². The largest absolute Gasteiger partial charge is 0.392 e. The molecule has 2 heteroatoms. The normalized spacial score (nSPS) is 42.0. The minimum atomic E-state index is -0.122. The first-order valence-electron chi connectivity index (χ1n) is 2.67. The number of rotatable bonds is 0. The Morgan fingerprint density at radius 3 is 2.29 bits per heavy atom. The lowest BCUT2D eigenvalue weighted by atomic mass is 10.3. The fourth-order valence-corrected chi connectivity index (χ4v) is 1.25. The zero-order chi connectivity index (χ0) is 5.28. The Labute approximate surface area is 49.1 Å². The van der Waals surface area contributed by atoms with Gasteiger partial charge in [0, 0.05) is 5.25 Å². The molecule has 0 heterocycles. The number of thiol groups is 1. The summed E-state index contributed by atoms with van der Waals surface area (Å²) in [7, 11) is 0. The second-order valence-corrected chi connectivity index (χ2v) is 2.73. The van der Waals surface area contributed by atoms with Crippen molar-refractivity contribution in [1.82, 2.24) is 0 Å². The summed E-state index contributed by atoms with van der Waals surface area (Å²) < 4.78 is 0. The van der Waals surface area contributed by atoms with E-state index < -0.39 is 0 Å². The van der Waals surface area contributed by atoms with Gasteiger partial charge in [0.25, 0.3) is 0 Å². The van der Waals surface area contributed by atoms with E-state index in [1.807, 2.05) is 0 Å². The molecule has 1 N–H and O–H groups in total. The molecule has 0 spiro atoms. The van der Waals surface area contributed by atoms with Crippen LogP contribution in [0.15, 0.2) is 0 Å². The van der Waals surface area contributed by atoms with E-state index in [1.54, 1.807) is 0 Å². The molecule has 1 rings (SSSR count). The van der Waals surface area contributed by atoms with Crippen LogP contribution in [0, 0.1) is 0 Å². The van der Waals surface area contributed by atoms with Crippen LogP contribution in [0.1, 0.15) is 19.3 Å². The summed E-state index contributed by atoms with van der Waals surface area (Å²) in [6.07, 6.45) is 3.07. The molecular formula is C5H10OS. The van der Waals surface area contributed by atoms with Crippen molar-refractivity contribution in [3.8, 4) is 0 Å². The molecular weight excluding hydrogens is 108 g/mol. The van der Waals surface area contributed by atoms with Crippen molar-refractivity contribution in [2.75, 3.05) is 0 Å². The average molecular weight is 118 g/mol. The van der Waals surface area contributed by atoms with Crippen molar-refractivity contribution >= 4 is 12.6 Å². The molecule has 0 radical (unpaired) electrons. The standard InChI is InChI=1S/C5H10OS/c6-4-2-1-3-5(4)7/h4-7H,1-3H2/t4-,5+/m0/s1. The molecule has 1 aliphatic carbocycles. The molecule has 0 saturated heterocycles. The molecule has 42 valence electrons. The first-order chi connectivity index (χ1) is 3.30. The van der Waals surface area contributed by atoms with Gasteiger partial charge < -0.3 is 5.11 Å². The molecule has 1 aliphatic rings. The highest BCUT2D eigenvalue weighted by Gasteiger charge is 2.20. The van der Waals surface area contributed by atoms with E-state index in [9.17, 15) is 0 Å². The third kappa shape index (κ3) is 1.10. The molecule has 0 aromatic carbocycles. The highest BCUT2D eigenvalue weighted by atomic mass is 32.1. The Hall–Kier alpha value is 0.310. The second-order valence-electron chi connectivity index (χ2n) is 2.07. The SMILES string of the molecule is O[C@H]1CCC[C@H]1S. The summed E-state index contributed by atoms with van der Waals surface area (Å²) >= 11 is 4.14. The summed E-state index contributed by atoms with van der Waals surface area (Å²) in [5, 5.41) is 9.19. The zero-order valence-electron chi connectivity index (χ0n) is 4.17. The van der Waals surface area contributed by atoms with E-state index in [2.05, 4.69) is 12.6 Å². The highest BCUT2D eigenvalue weighted by Crippen LogP contribution is 2.22. The van der Waals surface area contributed by atoms with Gasteiger partial charge in [-0.3, -0.25) is 0 Å². The van der Waals surface area contributed by atoms with Gasteiger partial charge in [-0.15, -0.1) is 0 Å². The fourth-order valence-electron chi connectivity index (χ4n) is 0.921. The molecule has 7 heavy (non-hydrogen) atoms. The number of hydrogen-bond donors (Lipinski definition) is 2. The summed E-state index contributed by atoms with van der Waals surface area (Å²) in [5.74, 6) is 0. The maximum Gasteiger partial charge on any atom is 0.0656 e. The molecule has 0 aromatic rings. The van der Waals surface area contributed by atoms with Gasteiger partial charge in [-0.2, -0.15) is 12.6 Å². The van der Waals surface area contributed by atoms with Crippen LogP contribution >= 0.6 is 12.6 Å². The van der Waals surface area contributed by atoms with Crippen LogP contribution in [0.5, 0.6) is 0 Å². The minimum Gasteiger partial charge on any atom is -0.392 e. The number of aliphatic hydroxyl groups excluding tert-OH is 1. The third-order valence-corrected chi connectivity index (χ3v) is 2.05. The Balaban J connectivity index is 2.33. The van der Waals surface area contributed by atoms with Crippen LogP contribution < -0.4 is 0 Å². The van der Waals surface area contributed by atoms with Crippen LogP contribution in [0.4, 0.5) is 0 Å². The van der Waals surface area contributed by atoms with Gasteiger partial charge in [-0.25, -0.2) is 0 Å². The fraction of sp³-hybridized carbons (Fsp3) is 1.00. The lowest BCUT2D eigenvalue weighted by Gasteiger charge is -2.03. The van der Waals surface area contributed by atoms with Crippen LogP contribution in [0.2, 0.25) is 0 Å². The first-order valence-corrected chi connectivity index (χ1v) is 3.18. The molecule has 0 aliphatic heterocycles. The van der Waals surface area contributed by atoms with Crippen molar-refractivity contribution < 1.29 is 5.11 Å². The van der Waals surface area contributed by atoms with E-state index in [-0.39, 0.29) is 11.4 Å². The van der Waals surface area contributed by atoms with Gasteiger partial charge in [0.05, 0.1) is 6.10 Å². The Morgan fingerprint density at radius 2 is 2.14 bits per heavy atom. The van der Waals surface area contributed by atoms with Gasteiger partial charge in [0.2, 0.25) is 0 Å². The van der Waals surface area contributed by atoms with Gasteiger partial charge in [0.1, 0.15) is 0 Å². The van der Waals surface area contributed by atoms with E-state index in [0.29, 0.717) is 0 Å². The maximum absolute atomic E-state index is 8.92. The lowest BCUT2D eigenvalue weighted by molar-refractivity contribution is 0.188. The highest BCUT2D eigenvalue weighted by molar-refractivity contribution is 7.81. The Morgan fingerprint density at radius 1 is 1.43 bits per heavy atom. The van der Waals surface area contributed by atoms with E-state index in [0.717, 1.165) is 19.3 Å². The van der Waals surface area contributed by atoms with E-state index in [1.165, 1.54) is 0 Å². The summed E-state index contributed by atoms with van der Waals surface area (Å²) in [6.45, 7) is 0. The average Bonchev–Trinajstić information content (AvgIpc) is 1.91. The van der Waals surface area contributed by atoms with Crippen molar-refractivity contribution in [2.45, 2.75) is 30.6 Å². The molecule has 1 fully saturated rings. The monoisotopic (exact) mass is 118 g/mol. The van der Waals surface area contributed by atoms with Crippen LogP contribution in [0.3, 0.4) is 0 Å². The zero-order valence-corrected chi connectivity index (χ0v) is 5.06. The summed E-state index contributed by atoms with van der Waals surface area (Å²) in [6, 6.07) is 0. The topological polar surface area (TPSA) is 20.2 Å². The van der Waals surface area contributed by atoms with Crippen LogP contribution in [-0.2, 0) is 0 Å². The molecule has 1 saturated carbocycles. The van der Waals surface area contributed by atoms with Crippen molar-refractivity contribution in [2.24, 2.45) is 0 Å². The van der Waals surface area contributed by atoms with Crippen LogP contribution in [0.25, 0.3) is 0 Å². The minimum absolute atomic E-state index is 0.122. The molecule has 1 nitrogen and oxygen atoms in total. The van der Waals surface area contributed by atoms with Crippen molar-refractivity contribution in [3.05, 3.63) is 0 Å². The quantitative estimate of drug-likeness (QED) is 0.451. The van der Waals surface area contributed by atoms with Gasteiger partial charge in [-0.05, 0) is 19.3 Å². The predicted molar refractivity (Wildman–Crippen MR) is 32.6 cm³/mol. The van der Waals surface area contributed by atoms with Gasteiger partial charge in [0.15, 0.2) is 0 Å². The predicted octanol–water partition coefficient (Wildman–Crippen LogP) is 0.830. The summed E-state index contributed by atoms with van der Waals surface area (Å²) in [4.78, 5) is 0. The van der Waals surface area contributed by atoms with Gasteiger partial charge in [-0.1, -0.05) is 0 Å². The number of aliphatic hydroxyl groups is 1. The van der Waals surface area contributed by atoms with Crippen molar-refractivity contribution in [1.29, 1.82) is 0 Å². The summed E-state index contributed by atoms with van der Waals surface area (Å²) in [5.41, 5.74) is 0. The lowest BCUT2D eigenvalue weighted by Crippen LogP contribution is -2.11. The van der Waals surface area contributed by atoms with Crippen molar-refractivity contribution in [3.63, 3.8) is 0 Å².